The minimum absolute atomic E-state index is 0.224. The van der Waals surface area contributed by atoms with Crippen LogP contribution in [0.2, 0.25) is 0 Å². The van der Waals surface area contributed by atoms with E-state index in [1.54, 1.807) is 18.8 Å². The van der Waals surface area contributed by atoms with E-state index in [9.17, 15) is 9.59 Å². The molecule has 2 aliphatic heterocycles. The molecule has 2 heterocycles. The van der Waals surface area contributed by atoms with E-state index in [0.29, 0.717) is 5.92 Å². The molecule has 1 saturated heterocycles. The van der Waals surface area contributed by atoms with Crippen molar-refractivity contribution in [2.24, 2.45) is 10.9 Å². The van der Waals surface area contributed by atoms with Gasteiger partial charge < -0.3 is 9.80 Å². The lowest BCUT2D eigenvalue weighted by atomic mass is 10.1. The van der Waals surface area contributed by atoms with Crippen molar-refractivity contribution < 1.29 is 9.59 Å². The zero-order valence-electron chi connectivity index (χ0n) is 14.5. The number of nitrogens with zero attached hydrogens (tertiary/aromatic N) is 3. The number of urea groups is 1. The van der Waals surface area contributed by atoms with Crippen molar-refractivity contribution in [1.82, 2.24) is 15.1 Å². The lowest BCUT2D eigenvalue weighted by molar-refractivity contribution is -0.127. The first kappa shape index (κ1) is 18.1. The number of nitrogens with one attached hydrogen (secondary N) is 1. The van der Waals surface area contributed by atoms with Gasteiger partial charge >= 0.3 is 6.03 Å². The van der Waals surface area contributed by atoms with Crippen LogP contribution in [0.1, 0.15) is 46.5 Å². The largest absolute Gasteiger partial charge is 0.336 e. The normalized spacial score (nSPS) is 24.1. The molecule has 0 radical (unpaired) electrons. The van der Waals surface area contributed by atoms with Gasteiger partial charge in [-0.15, -0.1) is 0 Å². The third kappa shape index (κ3) is 4.19. The molecule has 0 saturated carbocycles. The van der Waals surface area contributed by atoms with Crippen LogP contribution in [0.25, 0.3) is 0 Å². The number of carbonyl (C=O) groups is 2. The second-order valence-corrected chi connectivity index (χ2v) is 7.67. The summed E-state index contributed by atoms with van der Waals surface area (Å²) in [5, 5.41) is 3.35. The van der Waals surface area contributed by atoms with Gasteiger partial charge in [-0.2, -0.15) is 0 Å². The zero-order valence-corrected chi connectivity index (χ0v) is 15.4. The van der Waals surface area contributed by atoms with Crippen LogP contribution >= 0.6 is 11.8 Å². The van der Waals surface area contributed by atoms with Crippen molar-refractivity contribution in [1.29, 1.82) is 0 Å². The van der Waals surface area contributed by atoms with Crippen molar-refractivity contribution in [3.05, 3.63) is 0 Å². The number of imide groups is 1. The van der Waals surface area contributed by atoms with Gasteiger partial charge in [0.25, 0.3) is 5.91 Å². The Morgan fingerprint density at radius 1 is 1.30 bits per heavy atom. The predicted molar refractivity (Wildman–Crippen MR) is 94.5 cm³/mol. The third-order valence-corrected chi connectivity index (χ3v) is 5.29. The molecule has 2 atom stereocenters. The van der Waals surface area contributed by atoms with Crippen molar-refractivity contribution in [2.45, 2.75) is 58.7 Å². The first-order valence-corrected chi connectivity index (χ1v) is 9.49. The van der Waals surface area contributed by atoms with E-state index in [1.165, 1.54) is 4.90 Å². The monoisotopic (exact) mass is 340 g/mol. The molecule has 1 N–H and O–H groups in total. The predicted octanol–water partition coefficient (Wildman–Crippen LogP) is 2.50. The molecule has 0 aliphatic carbocycles. The number of fused-ring (bicyclic) bond motifs is 1. The van der Waals surface area contributed by atoms with Crippen LogP contribution in [0.15, 0.2) is 4.99 Å². The van der Waals surface area contributed by atoms with Gasteiger partial charge in [0.15, 0.2) is 17.4 Å². The highest BCUT2D eigenvalue weighted by atomic mass is 32.2. The highest BCUT2D eigenvalue weighted by molar-refractivity contribution is 8.13. The minimum Gasteiger partial charge on any atom is -0.336 e. The minimum atomic E-state index is -0.389. The topological polar surface area (TPSA) is 65.0 Å². The highest BCUT2D eigenvalue weighted by Gasteiger charge is 2.48. The molecule has 0 aromatic carbocycles. The number of unbranched alkanes of at least 4 members (excludes halogenated alkanes) is 2. The van der Waals surface area contributed by atoms with E-state index in [0.717, 1.165) is 43.1 Å². The van der Waals surface area contributed by atoms with Gasteiger partial charge in [0.1, 0.15) is 0 Å². The number of amidine groups is 1. The fourth-order valence-corrected chi connectivity index (χ4v) is 4.10. The van der Waals surface area contributed by atoms with Gasteiger partial charge in [-0.25, -0.2) is 9.79 Å². The Morgan fingerprint density at radius 2 is 2.04 bits per heavy atom. The van der Waals surface area contributed by atoms with Gasteiger partial charge in [0.05, 0.1) is 0 Å². The number of rotatable bonds is 7. The number of carbonyl (C=O) groups excluding carboxylic acids is 2. The maximum absolute atomic E-state index is 12.3. The average Bonchev–Trinajstić information content (AvgIpc) is 2.84. The van der Waals surface area contributed by atoms with Crippen LogP contribution < -0.4 is 5.32 Å². The van der Waals surface area contributed by atoms with E-state index in [-0.39, 0.29) is 24.1 Å². The summed E-state index contributed by atoms with van der Waals surface area (Å²) in [6.07, 6.45) is 4.03. The van der Waals surface area contributed by atoms with Gasteiger partial charge in [0, 0.05) is 19.3 Å². The molecular formula is C16H28N4O2S. The Kier molecular flexibility index (Phi) is 6.33. The fraction of sp³-hybridized carbons (Fsp3) is 0.812. The molecule has 2 rings (SSSR count). The summed E-state index contributed by atoms with van der Waals surface area (Å²) in [5.41, 5.74) is 0. The summed E-state index contributed by atoms with van der Waals surface area (Å²) in [5.74, 6) is 1.41. The van der Waals surface area contributed by atoms with Crippen LogP contribution in [0.3, 0.4) is 0 Å². The van der Waals surface area contributed by atoms with Crippen LogP contribution in [0.5, 0.6) is 0 Å². The molecule has 0 aromatic rings. The van der Waals surface area contributed by atoms with E-state index in [4.69, 9.17) is 4.99 Å². The molecule has 0 spiro atoms. The number of amides is 3. The molecule has 0 aromatic heterocycles. The molecule has 2 aliphatic rings. The van der Waals surface area contributed by atoms with Gasteiger partial charge in [-0.05, 0) is 18.8 Å². The third-order valence-electron chi connectivity index (χ3n) is 4.25. The maximum atomic E-state index is 12.3. The van der Waals surface area contributed by atoms with E-state index in [2.05, 4.69) is 31.0 Å². The van der Waals surface area contributed by atoms with Crippen molar-refractivity contribution in [3.8, 4) is 0 Å². The summed E-state index contributed by atoms with van der Waals surface area (Å²) in [6.45, 7) is 7.39. The summed E-state index contributed by atoms with van der Waals surface area (Å²) in [7, 11) is 1.70. The molecule has 130 valence electrons. The smallest absolute Gasteiger partial charge is 0.325 e. The van der Waals surface area contributed by atoms with Crippen LogP contribution in [0, 0.1) is 5.92 Å². The summed E-state index contributed by atoms with van der Waals surface area (Å²) >= 11 is 1.71. The van der Waals surface area contributed by atoms with Gasteiger partial charge in [-0.1, -0.05) is 45.4 Å². The highest BCUT2D eigenvalue weighted by Crippen LogP contribution is 2.29. The summed E-state index contributed by atoms with van der Waals surface area (Å²) < 4.78 is 0. The zero-order chi connectivity index (χ0) is 17.0. The molecule has 23 heavy (non-hydrogen) atoms. The second kappa shape index (κ2) is 8.04. The Hall–Kier alpha value is -1.24. The van der Waals surface area contributed by atoms with Crippen molar-refractivity contribution in [2.75, 3.05) is 19.3 Å². The second-order valence-electron chi connectivity index (χ2n) is 6.61. The van der Waals surface area contributed by atoms with Gasteiger partial charge in [-0.3, -0.25) is 10.1 Å². The van der Waals surface area contributed by atoms with Gasteiger partial charge in [0.2, 0.25) is 0 Å². The number of likely N-dealkylation sites (N-methyl/N-ethyl adjacent to an activating group) is 1. The SMILES string of the molecule is CCCCCN1C(SCCC(C)C)=NC2C1C(=O)NC(=O)N2C. The fourth-order valence-electron chi connectivity index (χ4n) is 2.77. The first-order valence-electron chi connectivity index (χ1n) is 8.50. The van der Waals surface area contributed by atoms with Crippen molar-refractivity contribution >= 4 is 28.9 Å². The van der Waals surface area contributed by atoms with E-state index < -0.39 is 0 Å². The lowest BCUT2D eigenvalue weighted by Crippen LogP contribution is -2.63. The molecule has 0 bridgehead atoms. The number of hydrogen-bond acceptors (Lipinski definition) is 5. The first-order chi connectivity index (χ1) is 11.0. The Bertz CT molecular complexity index is 481. The van der Waals surface area contributed by atoms with E-state index >= 15 is 0 Å². The summed E-state index contributed by atoms with van der Waals surface area (Å²) in [6, 6.07) is -0.738. The van der Waals surface area contributed by atoms with Crippen molar-refractivity contribution in [3.63, 3.8) is 0 Å². The lowest BCUT2D eigenvalue weighted by Gasteiger charge is -2.36. The number of thioether (sulfide) groups is 1. The number of hydrogen-bond donors (Lipinski definition) is 1. The number of aliphatic imine (C=N–C) groups is 1. The van der Waals surface area contributed by atoms with Crippen LogP contribution in [-0.4, -0.2) is 58.5 Å². The molecule has 1 fully saturated rings. The average molecular weight is 340 g/mol. The Balaban J connectivity index is 2.11. The standard InChI is InChI=1S/C16H28N4O2S/c1-5-6-7-9-20-12-13(19(4)15(22)18-14(12)21)17-16(20)23-10-8-11(2)3/h11-13H,5-10H2,1-4H3,(H,18,21,22). The van der Waals surface area contributed by atoms with E-state index in [1.807, 2.05) is 0 Å². The molecular weight excluding hydrogens is 312 g/mol. The van der Waals surface area contributed by atoms with Crippen LogP contribution in [0.4, 0.5) is 4.79 Å². The molecule has 3 amide bonds. The molecule has 6 nitrogen and oxygen atoms in total. The molecule has 7 heteroatoms. The van der Waals surface area contributed by atoms with Crippen LogP contribution in [-0.2, 0) is 4.79 Å². The quantitative estimate of drug-likeness (QED) is 0.723. The molecule has 2 unspecified atom stereocenters. The summed E-state index contributed by atoms with van der Waals surface area (Å²) in [4.78, 5) is 32.5. The Morgan fingerprint density at radius 3 is 2.70 bits per heavy atom. The maximum Gasteiger partial charge on any atom is 0.325 e. The Labute approximate surface area is 143 Å².